The lowest BCUT2D eigenvalue weighted by Gasteiger charge is -2.32. The smallest absolute Gasteiger partial charge is 0.206 e. The Hall–Kier alpha value is -2.36. The first-order valence-corrected chi connectivity index (χ1v) is 7.90. The van der Waals surface area contributed by atoms with Crippen LogP contribution < -0.4 is 4.90 Å². The molecule has 4 rings (SSSR count). The third-order valence-electron chi connectivity index (χ3n) is 4.65. The van der Waals surface area contributed by atoms with Crippen molar-refractivity contribution in [3.05, 3.63) is 54.4 Å². The van der Waals surface area contributed by atoms with Crippen LogP contribution in [0, 0.1) is 0 Å². The zero-order chi connectivity index (χ0) is 14.9. The summed E-state index contributed by atoms with van der Waals surface area (Å²) in [6.45, 7) is 2.08. The molecule has 0 saturated carbocycles. The molecule has 3 aromatic rings. The number of aryl methyl sites for hydroxylation is 1. The zero-order valence-corrected chi connectivity index (χ0v) is 12.8. The number of nitrogens with zero attached hydrogens (tertiary/aromatic N) is 4. The molecule has 1 saturated heterocycles. The lowest BCUT2D eigenvalue weighted by Crippen LogP contribution is -2.34. The van der Waals surface area contributed by atoms with Crippen LogP contribution in [0.15, 0.2) is 48.7 Å². The molecule has 22 heavy (non-hydrogen) atoms. The topological polar surface area (TPSA) is 34.0 Å². The molecule has 0 aliphatic carbocycles. The number of anilines is 1. The Morgan fingerprint density at radius 3 is 2.50 bits per heavy atom. The Kier molecular flexibility index (Phi) is 3.29. The van der Waals surface area contributed by atoms with Crippen LogP contribution in [0.2, 0.25) is 0 Å². The number of pyridine rings is 1. The van der Waals surface area contributed by atoms with Gasteiger partial charge in [0.15, 0.2) is 0 Å². The summed E-state index contributed by atoms with van der Waals surface area (Å²) in [5.41, 5.74) is 3.50. The highest BCUT2D eigenvalue weighted by Crippen LogP contribution is 2.30. The van der Waals surface area contributed by atoms with Gasteiger partial charge in [-0.2, -0.15) is 0 Å². The molecule has 0 N–H and O–H groups in total. The molecular formula is C18H20N4. The van der Waals surface area contributed by atoms with Crippen molar-refractivity contribution >= 4 is 17.0 Å². The van der Waals surface area contributed by atoms with Crippen LogP contribution in [0.3, 0.4) is 0 Å². The summed E-state index contributed by atoms with van der Waals surface area (Å²) in [6.07, 6.45) is 4.17. The van der Waals surface area contributed by atoms with Gasteiger partial charge < -0.3 is 9.47 Å². The number of rotatable bonds is 2. The summed E-state index contributed by atoms with van der Waals surface area (Å²) in [5.74, 6) is 1.66. The van der Waals surface area contributed by atoms with E-state index in [4.69, 9.17) is 4.98 Å². The standard InChI is InChI=1S/C18H20N4/c1-21-17-8-3-2-7-16(17)20-18(21)22-12-9-14(10-13-22)15-6-4-5-11-19-15/h2-8,11,14H,9-10,12-13H2,1H3. The maximum absolute atomic E-state index is 4.81. The summed E-state index contributed by atoms with van der Waals surface area (Å²) < 4.78 is 2.20. The van der Waals surface area contributed by atoms with E-state index in [1.807, 2.05) is 18.3 Å². The van der Waals surface area contributed by atoms with Gasteiger partial charge >= 0.3 is 0 Å². The Labute approximate surface area is 130 Å². The van der Waals surface area contributed by atoms with Crippen molar-refractivity contribution in [3.63, 3.8) is 0 Å². The van der Waals surface area contributed by atoms with Crippen molar-refractivity contribution in [1.29, 1.82) is 0 Å². The Morgan fingerprint density at radius 1 is 1.00 bits per heavy atom. The molecule has 0 radical (unpaired) electrons. The van der Waals surface area contributed by atoms with E-state index in [2.05, 4.69) is 51.8 Å². The molecule has 112 valence electrons. The predicted molar refractivity (Wildman–Crippen MR) is 89.1 cm³/mol. The van der Waals surface area contributed by atoms with Gasteiger partial charge in [-0.1, -0.05) is 18.2 Å². The van der Waals surface area contributed by atoms with Gasteiger partial charge in [-0.05, 0) is 37.1 Å². The number of imidazole rings is 1. The molecule has 0 atom stereocenters. The van der Waals surface area contributed by atoms with E-state index in [0.717, 1.165) is 37.4 Å². The molecule has 4 heteroatoms. The number of hydrogen-bond donors (Lipinski definition) is 0. The molecule has 1 aliphatic rings. The van der Waals surface area contributed by atoms with Crippen LogP contribution in [0.25, 0.3) is 11.0 Å². The van der Waals surface area contributed by atoms with Crippen molar-refractivity contribution in [2.24, 2.45) is 7.05 Å². The first kappa shape index (κ1) is 13.3. The Bertz CT molecular complexity index is 770. The van der Waals surface area contributed by atoms with Gasteiger partial charge in [0, 0.05) is 37.9 Å². The normalized spacial score (nSPS) is 16.3. The maximum Gasteiger partial charge on any atom is 0.206 e. The molecular weight excluding hydrogens is 272 g/mol. The SMILES string of the molecule is Cn1c(N2CCC(c3ccccn3)CC2)nc2ccccc21. The van der Waals surface area contributed by atoms with E-state index in [1.165, 1.54) is 11.2 Å². The van der Waals surface area contributed by atoms with Crippen molar-refractivity contribution in [2.75, 3.05) is 18.0 Å². The third-order valence-corrected chi connectivity index (χ3v) is 4.65. The number of fused-ring (bicyclic) bond motifs is 1. The second-order valence-corrected chi connectivity index (χ2v) is 5.98. The van der Waals surface area contributed by atoms with Crippen molar-refractivity contribution < 1.29 is 0 Å². The number of para-hydroxylation sites is 2. The Balaban J connectivity index is 1.54. The molecule has 0 amide bonds. The molecule has 4 nitrogen and oxygen atoms in total. The number of aromatic nitrogens is 3. The van der Waals surface area contributed by atoms with Gasteiger partial charge in [-0.25, -0.2) is 4.98 Å². The van der Waals surface area contributed by atoms with Crippen molar-refractivity contribution in [1.82, 2.24) is 14.5 Å². The lowest BCUT2D eigenvalue weighted by atomic mass is 9.93. The monoisotopic (exact) mass is 292 g/mol. The van der Waals surface area contributed by atoms with Gasteiger partial charge in [0.2, 0.25) is 5.95 Å². The molecule has 2 aromatic heterocycles. The van der Waals surface area contributed by atoms with Crippen LogP contribution in [0.1, 0.15) is 24.5 Å². The van der Waals surface area contributed by atoms with E-state index in [1.54, 1.807) is 0 Å². The lowest BCUT2D eigenvalue weighted by molar-refractivity contribution is 0.488. The number of piperidine rings is 1. The summed E-state index contributed by atoms with van der Waals surface area (Å²) >= 11 is 0. The fraction of sp³-hybridized carbons (Fsp3) is 0.333. The molecule has 0 bridgehead atoms. The predicted octanol–water partition coefficient (Wildman–Crippen LogP) is 3.35. The summed E-state index contributed by atoms with van der Waals surface area (Å²) in [4.78, 5) is 11.7. The van der Waals surface area contributed by atoms with Gasteiger partial charge in [0.1, 0.15) is 0 Å². The largest absolute Gasteiger partial charge is 0.342 e. The minimum atomic E-state index is 0.576. The number of hydrogen-bond acceptors (Lipinski definition) is 3. The molecule has 0 spiro atoms. The maximum atomic E-state index is 4.81. The summed E-state index contributed by atoms with van der Waals surface area (Å²) in [6, 6.07) is 14.5. The summed E-state index contributed by atoms with van der Waals surface area (Å²) in [7, 11) is 2.11. The zero-order valence-electron chi connectivity index (χ0n) is 12.8. The average Bonchev–Trinajstić information content (AvgIpc) is 2.93. The third kappa shape index (κ3) is 2.25. The van der Waals surface area contributed by atoms with Crippen molar-refractivity contribution in [2.45, 2.75) is 18.8 Å². The second-order valence-electron chi connectivity index (χ2n) is 5.98. The summed E-state index contributed by atoms with van der Waals surface area (Å²) in [5, 5.41) is 0. The van der Waals surface area contributed by atoms with Crippen LogP contribution in [-0.2, 0) is 7.05 Å². The highest BCUT2D eigenvalue weighted by atomic mass is 15.3. The highest BCUT2D eigenvalue weighted by Gasteiger charge is 2.24. The molecule has 1 aliphatic heterocycles. The van der Waals surface area contributed by atoms with E-state index in [9.17, 15) is 0 Å². The van der Waals surface area contributed by atoms with Gasteiger partial charge in [0.05, 0.1) is 11.0 Å². The Morgan fingerprint density at radius 2 is 1.77 bits per heavy atom. The van der Waals surface area contributed by atoms with Crippen LogP contribution >= 0.6 is 0 Å². The minimum Gasteiger partial charge on any atom is -0.342 e. The van der Waals surface area contributed by atoms with Crippen LogP contribution in [-0.4, -0.2) is 27.6 Å². The molecule has 1 aromatic carbocycles. The first-order valence-electron chi connectivity index (χ1n) is 7.90. The van der Waals surface area contributed by atoms with Crippen LogP contribution in [0.5, 0.6) is 0 Å². The quantitative estimate of drug-likeness (QED) is 0.726. The molecule has 0 unspecified atom stereocenters. The first-order chi connectivity index (χ1) is 10.8. The van der Waals surface area contributed by atoms with Crippen LogP contribution in [0.4, 0.5) is 5.95 Å². The van der Waals surface area contributed by atoms with E-state index in [0.29, 0.717) is 5.92 Å². The number of benzene rings is 1. The molecule has 3 heterocycles. The van der Waals surface area contributed by atoms with Gasteiger partial charge in [-0.15, -0.1) is 0 Å². The van der Waals surface area contributed by atoms with E-state index in [-0.39, 0.29) is 0 Å². The minimum absolute atomic E-state index is 0.576. The highest BCUT2D eigenvalue weighted by molar-refractivity contribution is 5.78. The fourth-order valence-corrected chi connectivity index (χ4v) is 3.41. The fourth-order valence-electron chi connectivity index (χ4n) is 3.41. The van der Waals surface area contributed by atoms with Gasteiger partial charge in [-0.3, -0.25) is 4.98 Å². The van der Waals surface area contributed by atoms with E-state index >= 15 is 0 Å². The average molecular weight is 292 g/mol. The van der Waals surface area contributed by atoms with E-state index < -0.39 is 0 Å². The van der Waals surface area contributed by atoms with Crippen molar-refractivity contribution in [3.8, 4) is 0 Å². The molecule has 1 fully saturated rings. The second kappa shape index (κ2) is 5.44. The van der Waals surface area contributed by atoms with Gasteiger partial charge in [0.25, 0.3) is 0 Å².